The molecule has 0 atom stereocenters. The third-order valence-electron chi connectivity index (χ3n) is 2.92. The van der Waals surface area contributed by atoms with Crippen LogP contribution in [0.5, 0.6) is 0 Å². The molecule has 1 aromatic heterocycles. The Kier molecular flexibility index (Phi) is 2.34. The second-order valence-corrected chi connectivity index (χ2v) is 6.12. The lowest BCUT2D eigenvalue weighted by atomic mass is 10.1. The zero-order valence-electron chi connectivity index (χ0n) is 9.37. The van der Waals surface area contributed by atoms with E-state index in [1.165, 1.54) is 30.9 Å². The van der Waals surface area contributed by atoms with Crippen LogP contribution in [0.4, 0.5) is 0 Å². The third kappa shape index (κ3) is 1.41. The quantitative estimate of drug-likeness (QED) is 0.568. The zero-order valence-corrected chi connectivity index (χ0v) is 11.2. The summed E-state index contributed by atoms with van der Waals surface area (Å²) < 4.78 is 2.89. The largest absolute Gasteiger partial charge is 0.135 e. The Balaban J connectivity index is 2.49. The molecule has 0 aliphatic carbocycles. The van der Waals surface area contributed by atoms with Gasteiger partial charge in [0.25, 0.3) is 0 Å². The van der Waals surface area contributed by atoms with Crippen molar-refractivity contribution in [2.45, 2.75) is 13.5 Å². The van der Waals surface area contributed by atoms with Gasteiger partial charge in [-0.3, -0.25) is 0 Å². The van der Waals surface area contributed by atoms with Crippen molar-refractivity contribution in [3.05, 3.63) is 42.0 Å². The highest BCUT2D eigenvalue weighted by molar-refractivity contribution is 7.27. The van der Waals surface area contributed by atoms with Crippen LogP contribution >= 0.6 is 11.3 Å². The molecule has 0 saturated heterocycles. The fourth-order valence-corrected chi connectivity index (χ4v) is 4.40. The predicted octanol–water partition coefficient (Wildman–Crippen LogP) is 3.74. The van der Waals surface area contributed by atoms with Crippen molar-refractivity contribution in [2.24, 2.45) is 0 Å². The monoisotopic (exact) mass is 240 g/mol. The van der Waals surface area contributed by atoms with Gasteiger partial charge in [-0.25, -0.2) is 0 Å². The van der Waals surface area contributed by atoms with Gasteiger partial charge in [-0.15, -0.1) is 11.3 Å². The van der Waals surface area contributed by atoms with Crippen LogP contribution in [0.3, 0.4) is 0 Å². The number of thiophene rings is 1. The summed E-state index contributed by atoms with van der Waals surface area (Å²) in [5.74, 6) is 0. The highest BCUT2D eigenvalue weighted by Gasteiger charge is 2.07. The molecule has 2 heteroatoms. The molecule has 1 heterocycles. The summed E-state index contributed by atoms with van der Waals surface area (Å²) in [6.07, 6.45) is 0. The van der Waals surface area contributed by atoms with Gasteiger partial charge in [0.2, 0.25) is 0 Å². The molecule has 0 aliphatic rings. The van der Waals surface area contributed by atoms with Gasteiger partial charge in [0.1, 0.15) is 0 Å². The average molecular weight is 240 g/mol. The van der Waals surface area contributed by atoms with Crippen molar-refractivity contribution < 1.29 is 0 Å². The van der Waals surface area contributed by atoms with E-state index in [1.807, 2.05) is 11.3 Å². The highest BCUT2D eigenvalue weighted by atomic mass is 32.1. The lowest BCUT2D eigenvalue weighted by Gasteiger charge is -1.97. The summed E-state index contributed by atoms with van der Waals surface area (Å²) in [6.45, 7) is 4.41. The smallest absolute Gasteiger partial charge is 0.0793 e. The molecular formula is C14H12SSi. The van der Waals surface area contributed by atoms with Crippen molar-refractivity contribution in [1.29, 1.82) is 0 Å². The molecule has 3 aromatic rings. The van der Waals surface area contributed by atoms with E-state index < -0.39 is 0 Å². The Bertz CT molecular complexity index is 667. The lowest BCUT2D eigenvalue weighted by Crippen LogP contribution is -2.09. The normalized spacial score (nSPS) is 11.4. The van der Waals surface area contributed by atoms with Crippen LogP contribution in [-0.2, 0) is 0 Å². The first-order valence-corrected chi connectivity index (χ1v) is 7.71. The Morgan fingerprint density at radius 3 is 2.75 bits per heavy atom. The van der Waals surface area contributed by atoms with Gasteiger partial charge in [0.05, 0.1) is 9.52 Å². The minimum atomic E-state index is 0.876. The van der Waals surface area contributed by atoms with Crippen LogP contribution in [-0.4, -0.2) is 9.52 Å². The molecule has 0 saturated carbocycles. The maximum absolute atomic E-state index is 2.29. The average Bonchev–Trinajstić information content (AvgIpc) is 2.65. The maximum Gasteiger partial charge on any atom is 0.0793 e. The minimum absolute atomic E-state index is 0.876. The van der Waals surface area contributed by atoms with E-state index in [0.717, 1.165) is 9.52 Å². The van der Waals surface area contributed by atoms with Crippen molar-refractivity contribution in [3.8, 4) is 0 Å². The molecule has 78 valence electrons. The van der Waals surface area contributed by atoms with E-state index in [0.29, 0.717) is 0 Å². The van der Waals surface area contributed by atoms with Crippen LogP contribution < -0.4 is 5.19 Å². The van der Waals surface area contributed by atoms with Gasteiger partial charge in [-0.05, 0) is 23.7 Å². The molecule has 0 unspecified atom stereocenters. The number of hydrogen-bond acceptors (Lipinski definition) is 1. The van der Waals surface area contributed by atoms with E-state index in [9.17, 15) is 0 Å². The summed E-state index contributed by atoms with van der Waals surface area (Å²) in [5.41, 5.74) is 1.35. The molecule has 0 amide bonds. The van der Waals surface area contributed by atoms with E-state index in [1.54, 1.807) is 0 Å². The van der Waals surface area contributed by atoms with Gasteiger partial charge in [-0.1, -0.05) is 36.9 Å². The Hall–Kier alpha value is -1.12. The molecule has 0 N–H and O–H groups in total. The van der Waals surface area contributed by atoms with E-state index in [2.05, 4.69) is 49.9 Å². The molecule has 0 bridgehead atoms. The lowest BCUT2D eigenvalue weighted by molar-refractivity contribution is 1.52. The highest BCUT2D eigenvalue weighted by Crippen LogP contribution is 2.32. The molecule has 3 rings (SSSR count). The van der Waals surface area contributed by atoms with Crippen molar-refractivity contribution in [3.63, 3.8) is 0 Å². The van der Waals surface area contributed by atoms with Crippen molar-refractivity contribution in [2.75, 3.05) is 0 Å². The Labute approximate surface area is 102 Å². The van der Waals surface area contributed by atoms with Crippen LogP contribution in [0.2, 0.25) is 6.55 Å². The summed E-state index contributed by atoms with van der Waals surface area (Å²) in [5, 5.41) is 4.33. The standard InChI is InChI=1S/C14H12SSi/c1-9-6-7-10-11-4-3-5-13(16-2)14(11)15-12(10)8-9/h3-8H,1-2H3. The van der Waals surface area contributed by atoms with Crippen LogP contribution in [0.15, 0.2) is 36.4 Å². The van der Waals surface area contributed by atoms with Gasteiger partial charge in [0.15, 0.2) is 0 Å². The summed E-state index contributed by atoms with van der Waals surface area (Å²) in [7, 11) is 0.876. The van der Waals surface area contributed by atoms with Gasteiger partial charge >= 0.3 is 0 Å². The third-order valence-corrected chi connectivity index (χ3v) is 5.26. The van der Waals surface area contributed by atoms with Gasteiger partial charge in [-0.2, -0.15) is 0 Å². The second-order valence-electron chi connectivity index (χ2n) is 4.03. The molecule has 0 aliphatic heterocycles. The summed E-state index contributed by atoms with van der Waals surface area (Å²) in [4.78, 5) is 0. The Morgan fingerprint density at radius 2 is 1.94 bits per heavy atom. The predicted molar refractivity (Wildman–Crippen MR) is 75.3 cm³/mol. The first kappa shape index (κ1) is 10.1. The maximum atomic E-state index is 2.29. The van der Waals surface area contributed by atoms with E-state index in [4.69, 9.17) is 0 Å². The summed E-state index contributed by atoms with van der Waals surface area (Å²) >= 11 is 1.93. The van der Waals surface area contributed by atoms with Crippen LogP contribution in [0, 0.1) is 6.92 Å². The van der Waals surface area contributed by atoms with Crippen molar-refractivity contribution >= 4 is 46.2 Å². The number of fused-ring (bicyclic) bond motifs is 3. The Morgan fingerprint density at radius 1 is 1.06 bits per heavy atom. The van der Waals surface area contributed by atoms with E-state index >= 15 is 0 Å². The fraction of sp³-hybridized carbons (Fsp3) is 0.143. The molecule has 0 nitrogen and oxygen atoms in total. The van der Waals surface area contributed by atoms with Gasteiger partial charge in [0, 0.05) is 20.2 Å². The molecular weight excluding hydrogens is 228 g/mol. The first-order valence-electron chi connectivity index (χ1n) is 5.39. The summed E-state index contributed by atoms with van der Waals surface area (Å²) in [6, 6.07) is 13.4. The van der Waals surface area contributed by atoms with Crippen LogP contribution in [0.1, 0.15) is 5.56 Å². The minimum Gasteiger partial charge on any atom is -0.135 e. The zero-order chi connectivity index (χ0) is 11.1. The molecule has 16 heavy (non-hydrogen) atoms. The van der Waals surface area contributed by atoms with Gasteiger partial charge < -0.3 is 0 Å². The second kappa shape index (κ2) is 3.72. The topological polar surface area (TPSA) is 0 Å². The van der Waals surface area contributed by atoms with Crippen molar-refractivity contribution in [1.82, 2.24) is 0 Å². The molecule has 0 spiro atoms. The SMILES string of the molecule is C[Si]c1cccc2c1sc1cc(C)ccc12. The number of hydrogen-bond donors (Lipinski definition) is 0. The van der Waals surface area contributed by atoms with E-state index in [-0.39, 0.29) is 0 Å². The fourth-order valence-electron chi connectivity index (χ4n) is 2.10. The molecule has 0 fully saturated rings. The molecule has 2 aromatic carbocycles. The first-order chi connectivity index (χ1) is 7.79. The number of aryl methyl sites for hydroxylation is 1. The number of rotatable bonds is 1. The number of benzene rings is 2. The molecule has 2 radical (unpaired) electrons. The van der Waals surface area contributed by atoms with Crippen LogP contribution in [0.25, 0.3) is 20.2 Å².